The number of fused-ring (bicyclic) bond motifs is 1. The second-order valence-corrected chi connectivity index (χ2v) is 8.56. The number of hydrogen-bond donors (Lipinski definition) is 2. The standard InChI is InChI=1S/C25H24F3N7.Na.H/c26-25(27,28)24-30-21-10-4-2-1-3-9-20(21)22(31-24)29-15-16-11-13-17(14-12-16)18-7-5-6-8-19(18)23-32-34-35-33-23;;/h5-8,11-14H,1-4,9-10,15H2,(H,29,30,31)(H,32,33,34,35);;/q;+1;-1. The number of benzene rings is 2. The number of nitrogens with one attached hydrogen (secondary N) is 2. The van der Waals surface area contributed by atoms with Gasteiger partial charge >= 0.3 is 35.7 Å². The molecule has 7 nitrogen and oxygen atoms in total. The summed E-state index contributed by atoms with van der Waals surface area (Å²) in [4.78, 5) is 7.76. The van der Waals surface area contributed by atoms with Crippen molar-refractivity contribution in [3.05, 3.63) is 71.2 Å². The summed E-state index contributed by atoms with van der Waals surface area (Å²) in [6, 6.07) is 15.6. The molecule has 0 radical (unpaired) electrons. The quantitative estimate of drug-likeness (QED) is 0.407. The van der Waals surface area contributed by atoms with E-state index in [1.807, 2.05) is 48.5 Å². The van der Waals surface area contributed by atoms with Crippen LogP contribution in [0, 0.1) is 0 Å². The van der Waals surface area contributed by atoms with Gasteiger partial charge in [-0.3, -0.25) is 0 Å². The van der Waals surface area contributed by atoms with Crippen molar-refractivity contribution in [1.29, 1.82) is 0 Å². The van der Waals surface area contributed by atoms with Gasteiger partial charge in [0.2, 0.25) is 11.6 Å². The Labute approximate surface area is 230 Å². The molecular weight excluding hydrogens is 478 g/mol. The molecule has 182 valence electrons. The zero-order valence-corrected chi connectivity index (χ0v) is 21.9. The van der Waals surface area contributed by atoms with Crippen LogP contribution in [0.1, 0.15) is 49.8 Å². The fraction of sp³-hybridized carbons (Fsp3) is 0.320. The number of halogens is 3. The molecule has 2 aromatic carbocycles. The predicted molar refractivity (Wildman–Crippen MR) is 126 cm³/mol. The van der Waals surface area contributed by atoms with Gasteiger partial charge < -0.3 is 6.74 Å². The molecule has 0 saturated carbocycles. The van der Waals surface area contributed by atoms with Gasteiger partial charge in [0, 0.05) is 23.4 Å². The first-order chi connectivity index (χ1) is 17.0. The summed E-state index contributed by atoms with van der Waals surface area (Å²) in [5, 5.41) is 17.4. The van der Waals surface area contributed by atoms with Crippen LogP contribution in [0.15, 0.2) is 48.5 Å². The second kappa shape index (κ2) is 11.5. The molecule has 5 rings (SSSR count). The van der Waals surface area contributed by atoms with E-state index in [2.05, 4.69) is 35.9 Å². The molecule has 0 amide bonds. The number of aromatic amines is 1. The van der Waals surface area contributed by atoms with E-state index in [1.54, 1.807) is 0 Å². The Hall–Kier alpha value is -2.82. The molecule has 0 spiro atoms. The molecule has 2 heterocycles. The van der Waals surface area contributed by atoms with Crippen LogP contribution in [0.5, 0.6) is 0 Å². The Balaban J connectivity index is 0.00000190. The molecule has 2 N–H and O–H groups in total. The maximum absolute atomic E-state index is 13.5. The monoisotopic (exact) mass is 503 g/mol. The molecule has 0 fully saturated rings. The SMILES string of the molecule is FC(F)(F)c1nc2c(c(NCc3ccc(-c4ccccc4-c4nn[nH]n4)cc3)n1)CCCCCC2.[H-].[Na+]. The summed E-state index contributed by atoms with van der Waals surface area (Å²) >= 11 is 0. The molecule has 36 heavy (non-hydrogen) atoms. The minimum atomic E-state index is -4.58. The Kier molecular flexibility index (Phi) is 8.38. The number of rotatable bonds is 5. The van der Waals surface area contributed by atoms with Crippen molar-refractivity contribution in [2.75, 3.05) is 5.32 Å². The van der Waals surface area contributed by atoms with E-state index in [4.69, 9.17) is 0 Å². The third-order valence-electron chi connectivity index (χ3n) is 6.17. The number of hydrogen-bond acceptors (Lipinski definition) is 6. The van der Waals surface area contributed by atoms with Gasteiger partial charge in [0.1, 0.15) is 5.82 Å². The zero-order chi connectivity index (χ0) is 24.3. The molecule has 1 aliphatic carbocycles. The van der Waals surface area contributed by atoms with Gasteiger partial charge in [-0.25, -0.2) is 9.97 Å². The normalized spacial score (nSPS) is 13.8. The first-order valence-electron chi connectivity index (χ1n) is 11.6. The third-order valence-corrected chi connectivity index (χ3v) is 6.17. The average molecular weight is 504 g/mol. The van der Waals surface area contributed by atoms with Gasteiger partial charge in [0.15, 0.2) is 0 Å². The van der Waals surface area contributed by atoms with E-state index in [9.17, 15) is 13.2 Å². The number of alkyl halides is 3. The van der Waals surface area contributed by atoms with Crippen molar-refractivity contribution < 1.29 is 44.2 Å². The van der Waals surface area contributed by atoms with Crippen LogP contribution in [0.2, 0.25) is 0 Å². The largest absolute Gasteiger partial charge is 1.00 e. The minimum Gasteiger partial charge on any atom is -1.00 e. The van der Waals surface area contributed by atoms with Crippen molar-refractivity contribution >= 4 is 5.82 Å². The number of anilines is 1. The van der Waals surface area contributed by atoms with Crippen molar-refractivity contribution in [3.8, 4) is 22.5 Å². The maximum Gasteiger partial charge on any atom is 1.00 e. The predicted octanol–water partition coefficient (Wildman–Crippen LogP) is 2.73. The Morgan fingerprint density at radius 1 is 0.889 bits per heavy atom. The van der Waals surface area contributed by atoms with E-state index in [-0.39, 0.29) is 36.8 Å². The Morgan fingerprint density at radius 3 is 2.31 bits per heavy atom. The molecule has 1 aliphatic rings. The molecule has 0 aliphatic heterocycles. The number of aromatic nitrogens is 6. The van der Waals surface area contributed by atoms with Crippen LogP contribution in [0.3, 0.4) is 0 Å². The first-order valence-corrected chi connectivity index (χ1v) is 11.6. The minimum absolute atomic E-state index is 0. The van der Waals surface area contributed by atoms with Gasteiger partial charge in [0.05, 0.1) is 0 Å². The first kappa shape index (κ1) is 26.2. The van der Waals surface area contributed by atoms with Gasteiger partial charge in [-0.15, -0.1) is 10.2 Å². The maximum atomic E-state index is 13.5. The van der Waals surface area contributed by atoms with Crippen LogP contribution in [0.4, 0.5) is 19.0 Å². The summed E-state index contributed by atoms with van der Waals surface area (Å²) in [6.45, 7) is 0.355. The smallest absolute Gasteiger partial charge is 1.00 e. The van der Waals surface area contributed by atoms with Crippen LogP contribution in [-0.2, 0) is 25.6 Å². The zero-order valence-electron chi connectivity index (χ0n) is 20.9. The van der Waals surface area contributed by atoms with Crippen molar-refractivity contribution in [1.82, 2.24) is 30.6 Å². The van der Waals surface area contributed by atoms with E-state index < -0.39 is 12.0 Å². The van der Waals surface area contributed by atoms with Gasteiger partial charge in [-0.05, 0) is 47.6 Å². The number of nitrogens with zero attached hydrogens (tertiary/aromatic N) is 5. The second-order valence-electron chi connectivity index (χ2n) is 8.56. The molecule has 0 bridgehead atoms. The topological polar surface area (TPSA) is 92.3 Å². The van der Waals surface area contributed by atoms with Crippen molar-refractivity contribution in [3.63, 3.8) is 0 Å². The van der Waals surface area contributed by atoms with Gasteiger partial charge in [0.25, 0.3) is 0 Å². The Bertz CT molecular complexity index is 1300. The van der Waals surface area contributed by atoms with E-state index in [0.29, 0.717) is 30.9 Å². The average Bonchev–Trinajstić information content (AvgIpc) is 3.38. The Morgan fingerprint density at radius 2 is 1.61 bits per heavy atom. The summed E-state index contributed by atoms with van der Waals surface area (Å²) in [5.41, 5.74) is 5.04. The molecule has 0 atom stereocenters. The molecule has 0 saturated heterocycles. The summed E-state index contributed by atoms with van der Waals surface area (Å²) < 4.78 is 40.4. The van der Waals surface area contributed by atoms with E-state index >= 15 is 0 Å². The summed E-state index contributed by atoms with van der Waals surface area (Å²) in [7, 11) is 0. The van der Waals surface area contributed by atoms with Crippen LogP contribution in [0.25, 0.3) is 22.5 Å². The number of H-pyrrole nitrogens is 1. The van der Waals surface area contributed by atoms with Gasteiger partial charge in [-0.2, -0.15) is 18.4 Å². The van der Waals surface area contributed by atoms with Crippen molar-refractivity contribution in [2.24, 2.45) is 0 Å². The summed E-state index contributed by atoms with van der Waals surface area (Å²) in [5.74, 6) is -0.282. The third kappa shape index (κ3) is 5.93. The fourth-order valence-electron chi connectivity index (χ4n) is 4.41. The fourth-order valence-corrected chi connectivity index (χ4v) is 4.41. The summed E-state index contributed by atoms with van der Waals surface area (Å²) in [6.07, 6.45) is 0.480. The molecular formula is C25H25F3N7Na. The van der Waals surface area contributed by atoms with Crippen LogP contribution in [-0.4, -0.2) is 30.6 Å². The van der Waals surface area contributed by atoms with E-state index in [1.165, 1.54) is 0 Å². The number of aryl methyl sites for hydroxylation is 1. The molecule has 4 aromatic rings. The molecule has 11 heteroatoms. The van der Waals surface area contributed by atoms with Crippen LogP contribution < -0.4 is 34.9 Å². The van der Waals surface area contributed by atoms with E-state index in [0.717, 1.165) is 53.5 Å². The van der Waals surface area contributed by atoms with Gasteiger partial charge in [-0.1, -0.05) is 61.4 Å². The molecule has 2 aromatic heterocycles. The van der Waals surface area contributed by atoms with Crippen LogP contribution >= 0.6 is 0 Å². The van der Waals surface area contributed by atoms with Crippen molar-refractivity contribution in [2.45, 2.75) is 51.2 Å². The molecule has 0 unspecified atom stereocenters. The number of tetrazole rings is 1.